The third kappa shape index (κ3) is 6.13. The fourth-order valence-corrected chi connectivity index (χ4v) is 3.84. The van der Waals surface area contributed by atoms with Crippen LogP contribution in [0.15, 0.2) is 67.6 Å². The van der Waals surface area contributed by atoms with E-state index in [4.69, 9.17) is 11.6 Å². The van der Waals surface area contributed by atoms with Crippen LogP contribution in [0.4, 0.5) is 14.6 Å². The molecule has 0 bridgehead atoms. The van der Waals surface area contributed by atoms with E-state index in [2.05, 4.69) is 32.1 Å². The van der Waals surface area contributed by atoms with Gasteiger partial charge in [0.2, 0.25) is 5.91 Å². The van der Waals surface area contributed by atoms with Gasteiger partial charge in [0.05, 0.1) is 29.7 Å². The first-order valence-electron chi connectivity index (χ1n) is 11.2. The lowest BCUT2D eigenvalue weighted by Gasteiger charge is -2.40. The number of pyridine rings is 2. The Morgan fingerprint density at radius 3 is 2.76 bits per heavy atom. The maximum Gasteiger partial charge on any atom is 0.275 e. The maximum atomic E-state index is 14.2. The van der Waals surface area contributed by atoms with Crippen LogP contribution in [-0.2, 0) is 4.79 Å². The average molecular weight is 510 g/mol. The minimum atomic E-state index is -3.10. The summed E-state index contributed by atoms with van der Waals surface area (Å²) < 4.78 is 28.3. The minimum Gasteiger partial charge on any atom is -0.397 e. The summed E-state index contributed by atoms with van der Waals surface area (Å²) in [5.74, 6) is 2.10. The van der Waals surface area contributed by atoms with Crippen LogP contribution < -0.4 is 16.9 Å². The number of hydrogen-bond donors (Lipinski definition) is 4. The van der Waals surface area contributed by atoms with E-state index in [1.54, 1.807) is 36.5 Å². The van der Waals surface area contributed by atoms with Gasteiger partial charge in [-0.3, -0.25) is 14.7 Å². The Kier molecular flexibility index (Phi) is 7.25. The first kappa shape index (κ1) is 25.4. The van der Waals surface area contributed by atoms with E-state index in [0.29, 0.717) is 17.0 Å². The Balaban J connectivity index is 1.41. The van der Waals surface area contributed by atoms with Crippen LogP contribution in [0.3, 0.4) is 0 Å². The molecule has 4 heterocycles. The number of nitrogens with zero attached hydrogens (tertiary/aromatic N) is 5. The standard InChI is InChI=1S/C24H25F2N9O2/c1-2-22(36)34-12-16(10-24(25,26)14-34)35(28)13-17(27)15-6-7-21(29-11-15)32-23(37)20-5-3-4-18(31-20)19-8-9-30-33-19/h2-9,11,13,16H,1,10,12,14,27-28H2,(H,30,33)(H,29,32,37)/b17-13-. The zero-order valence-electron chi connectivity index (χ0n) is 19.6. The van der Waals surface area contributed by atoms with Crippen LogP contribution in [0.1, 0.15) is 22.5 Å². The number of aromatic nitrogens is 4. The largest absolute Gasteiger partial charge is 0.397 e. The van der Waals surface area contributed by atoms with E-state index in [-0.39, 0.29) is 23.8 Å². The first-order valence-corrected chi connectivity index (χ1v) is 11.2. The number of hydrogen-bond acceptors (Lipinski definition) is 8. The van der Waals surface area contributed by atoms with Gasteiger partial charge in [0, 0.05) is 37.1 Å². The van der Waals surface area contributed by atoms with Gasteiger partial charge in [-0.1, -0.05) is 12.6 Å². The lowest BCUT2D eigenvalue weighted by atomic mass is 10.0. The Morgan fingerprint density at radius 1 is 1.27 bits per heavy atom. The van der Waals surface area contributed by atoms with Crippen LogP contribution in [0, 0.1) is 0 Å². The van der Waals surface area contributed by atoms with E-state index in [1.807, 2.05) is 0 Å². The molecule has 6 N–H and O–H groups in total. The third-order valence-corrected chi connectivity index (χ3v) is 5.68. The highest BCUT2D eigenvalue weighted by Gasteiger charge is 2.42. The fourth-order valence-electron chi connectivity index (χ4n) is 3.84. The monoisotopic (exact) mass is 509 g/mol. The maximum absolute atomic E-state index is 14.2. The second-order valence-electron chi connectivity index (χ2n) is 8.43. The molecule has 37 heavy (non-hydrogen) atoms. The van der Waals surface area contributed by atoms with Crippen molar-refractivity contribution in [1.82, 2.24) is 30.1 Å². The molecule has 0 saturated carbocycles. The zero-order valence-corrected chi connectivity index (χ0v) is 19.6. The number of nitrogens with two attached hydrogens (primary N) is 2. The van der Waals surface area contributed by atoms with Crippen LogP contribution in [0.2, 0.25) is 0 Å². The van der Waals surface area contributed by atoms with Crippen molar-refractivity contribution in [3.05, 3.63) is 78.9 Å². The molecule has 1 saturated heterocycles. The number of aromatic amines is 1. The molecule has 11 nitrogen and oxygen atoms in total. The Hall–Kier alpha value is -4.65. The molecule has 2 amide bonds. The highest BCUT2D eigenvalue weighted by molar-refractivity contribution is 6.02. The molecule has 0 aromatic carbocycles. The quantitative estimate of drug-likeness (QED) is 0.214. The summed E-state index contributed by atoms with van der Waals surface area (Å²) in [5.41, 5.74) is 8.14. The Labute approximate surface area is 210 Å². The van der Waals surface area contributed by atoms with E-state index in [1.165, 1.54) is 18.5 Å². The molecule has 1 aliphatic rings. The number of halogens is 2. The molecular formula is C24H25F2N9O2. The molecule has 3 aromatic heterocycles. The van der Waals surface area contributed by atoms with Crippen molar-refractivity contribution in [1.29, 1.82) is 0 Å². The van der Waals surface area contributed by atoms with Crippen molar-refractivity contribution in [3.8, 4) is 11.4 Å². The third-order valence-electron chi connectivity index (χ3n) is 5.68. The number of carbonyl (C=O) groups excluding carboxylic acids is 2. The summed E-state index contributed by atoms with van der Waals surface area (Å²) in [7, 11) is 0. The summed E-state index contributed by atoms with van der Waals surface area (Å²) in [6, 6.07) is 9.03. The molecule has 3 aromatic rings. The second-order valence-corrected chi connectivity index (χ2v) is 8.43. The van der Waals surface area contributed by atoms with Gasteiger partial charge in [-0.05, 0) is 36.4 Å². The number of piperidine rings is 1. The van der Waals surface area contributed by atoms with Crippen molar-refractivity contribution in [2.45, 2.75) is 18.4 Å². The molecule has 0 radical (unpaired) electrons. The molecule has 192 valence electrons. The Morgan fingerprint density at radius 2 is 2.08 bits per heavy atom. The van der Waals surface area contributed by atoms with Gasteiger partial charge in [0.15, 0.2) is 0 Å². The number of alkyl halides is 2. The van der Waals surface area contributed by atoms with Crippen LogP contribution in [0.25, 0.3) is 17.1 Å². The van der Waals surface area contributed by atoms with Crippen LogP contribution in [0.5, 0.6) is 0 Å². The lowest BCUT2D eigenvalue weighted by molar-refractivity contribution is -0.141. The SMILES string of the molecule is C=CC(=O)N1CC(N(N)/C=C(\N)c2ccc(NC(=O)c3cccc(-c4ccn[nH]4)n3)nc2)CC(F)(F)C1. The van der Waals surface area contributed by atoms with Gasteiger partial charge < -0.3 is 21.0 Å². The number of carbonyl (C=O) groups is 2. The van der Waals surface area contributed by atoms with E-state index < -0.39 is 36.7 Å². The summed E-state index contributed by atoms with van der Waals surface area (Å²) >= 11 is 0. The van der Waals surface area contributed by atoms with Crippen molar-refractivity contribution in [2.75, 3.05) is 18.4 Å². The molecule has 1 fully saturated rings. The zero-order chi connectivity index (χ0) is 26.6. The number of H-pyrrole nitrogens is 1. The molecule has 0 aliphatic carbocycles. The Bertz CT molecular complexity index is 1310. The molecule has 4 rings (SSSR count). The summed E-state index contributed by atoms with van der Waals surface area (Å²) in [6.07, 6.45) is 4.76. The number of nitrogens with one attached hydrogen (secondary N) is 2. The number of amides is 2. The summed E-state index contributed by atoms with van der Waals surface area (Å²) in [4.78, 5) is 34.0. The highest BCUT2D eigenvalue weighted by Crippen LogP contribution is 2.29. The van der Waals surface area contributed by atoms with Gasteiger partial charge in [0.1, 0.15) is 11.5 Å². The number of hydrazine groups is 1. The topological polar surface area (TPSA) is 159 Å². The van der Waals surface area contributed by atoms with E-state index in [0.717, 1.165) is 16.0 Å². The molecule has 0 spiro atoms. The molecule has 1 atom stereocenters. The highest BCUT2D eigenvalue weighted by atomic mass is 19.3. The predicted octanol–water partition coefficient (Wildman–Crippen LogP) is 1.97. The van der Waals surface area contributed by atoms with Gasteiger partial charge in [-0.15, -0.1) is 0 Å². The number of likely N-dealkylation sites (tertiary alicyclic amines) is 1. The van der Waals surface area contributed by atoms with Gasteiger partial charge in [-0.25, -0.2) is 24.6 Å². The molecule has 1 unspecified atom stereocenters. The molecule has 13 heteroatoms. The summed E-state index contributed by atoms with van der Waals surface area (Å²) in [6.45, 7) is 2.65. The van der Waals surface area contributed by atoms with Gasteiger partial charge in [0.25, 0.3) is 11.8 Å². The second kappa shape index (κ2) is 10.5. The van der Waals surface area contributed by atoms with Crippen molar-refractivity contribution >= 4 is 23.3 Å². The van der Waals surface area contributed by atoms with Crippen molar-refractivity contribution in [2.24, 2.45) is 11.6 Å². The minimum absolute atomic E-state index is 0.000447. The smallest absolute Gasteiger partial charge is 0.275 e. The summed E-state index contributed by atoms with van der Waals surface area (Å²) in [5, 5.41) is 10.4. The molecular weight excluding hydrogens is 484 g/mol. The van der Waals surface area contributed by atoms with Gasteiger partial charge in [-0.2, -0.15) is 5.10 Å². The normalized spacial score (nSPS) is 17.2. The number of anilines is 1. The number of rotatable bonds is 7. The van der Waals surface area contributed by atoms with Gasteiger partial charge >= 0.3 is 0 Å². The van der Waals surface area contributed by atoms with Crippen LogP contribution >= 0.6 is 0 Å². The van der Waals surface area contributed by atoms with E-state index in [9.17, 15) is 18.4 Å². The lowest BCUT2D eigenvalue weighted by Crippen LogP contribution is -2.57. The van der Waals surface area contributed by atoms with Crippen molar-refractivity contribution < 1.29 is 18.4 Å². The predicted molar refractivity (Wildman–Crippen MR) is 132 cm³/mol. The van der Waals surface area contributed by atoms with E-state index >= 15 is 0 Å². The fraction of sp³-hybridized carbons (Fsp3) is 0.208. The van der Waals surface area contributed by atoms with Crippen LogP contribution in [-0.4, -0.2) is 66.9 Å². The molecule has 1 aliphatic heterocycles. The first-order chi connectivity index (χ1) is 17.6. The average Bonchev–Trinajstić information content (AvgIpc) is 3.43. The van der Waals surface area contributed by atoms with Crippen molar-refractivity contribution in [3.63, 3.8) is 0 Å².